The van der Waals surface area contributed by atoms with Crippen molar-refractivity contribution in [1.82, 2.24) is 0 Å². The normalized spacial score (nSPS) is 12.8. The van der Waals surface area contributed by atoms with Gasteiger partial charge in [0.1, 0.15) is 5.75 Å². The molecule has 6 heteroatoms. The van der Waals surface area contributed by atoms with Crippen molar-refractivity contribution in [3.05, 3.63) is 94.0 Å². The minimum Gasteiger partial charge on any atom is -0.496 e. The van der Waals surface area contributed by atoms with Crippen LogP contribution in [0.3, 0.4) is 0 Å². The average Bonchev–Trinajstić information content (AvgIpc) is 2.72. The van der Waals surface area contributed by atoms with E-state index in [4.69, 9.17) is 16.3 Å². The minimum atomic E-state index is -4.38. The number of methoxy groups -OCH3 is 1. The van der Waals surface area contributed by atoms with Crippen LogP contribution in [-0.4, -0.2) is 18.2 Å². The molecule has 3 aromatic carbocycles. The van der Waals surface area contributed by atoms with Gasteiger partial charge in [0.05, 0.1) is 17.4 Å². The number of halogens is 1. The van der Waals surface area contributed by atoms with Crippen molar-refractivity contribution in [2.75, 3.05) is 7.11 Å². The summed E-state index contributed by atoms with van der Waals surface area (Å²) in [6.07, 6.45) is 0. The second kappa shape index (κ2) is 8.36. The Morgan fingerprint density at radius 2 is 1.41 bits per heavy atom. The molecular weight excluding hydrogens is 407 g/mol. The number of ether oxygens (including phenoxy) is 1. The molecule has 3 rings (SSSR count). The van der Waals surface area contributed by atoms with Gasteiger partial charge in [0, 0.05) is 11.1 Å². The van der Waals surface area contributed by atoms with Gasteiger partial charge < -0.3 is 9.30 Å². The summed E-state index contributed by atoms with van der Waals surface area (Å²) in [5, 5.41) is -0.0118. The summed E-state index contributed by atoms with van der Waals surface area (Å²) in [5.74, 6) is 0.143. The second-order valence-electron chi connectivity index (χ2n) is 6.64. The van der Waals surface area contributed by atoms with Crippen LogP contribution in [0.4, 0.5) is 0 Å². The monoisotopic (exact) mass is 426 g/mol. The van der Waals surface area contributed by atoms with Gasteiger partial charge in [0.2, 0.25) is 11.0 Å². The molecule has 3 aromatic rings. The van der Waals surface area contributed by atoms with E-state index in [1.807, 2.05) is 6.07 Å². The number of hydrogen-bond donors (Lipinski definition) is 0. The molecule has 0 fully saturated rings. The maximum absolute atomic E-state index is 14.5. The lowest BCUT2D eigenvalue weighted by Gasteiger charge is -2.21. The molecular formula is C23H20ClO4P. The van der Waals surface area contributed by atoms with Crippen molar-refractivity contribution in [1.29, 1.82) is 0 Å². The molecule has 29 heavy (non-hydrogen) atoms. The molecule has 0 aliphatic carbocycles. The number of hydrogen-bond acceptors (Lipinski definition) is 4. The lowest BCUT2D eigenvalue weighted by Crippen LogP contribution is -2.24. The zero-order chi connectivity index (χ0) is 21.2. The highest BCUT2D eigenvalue weighted by atomic mass is 35.5. The third kappa shape index (κ3) is 3.66. The number of aryl methyl sites for hydroxylation is 2. The first-order chi connectivity index (χ1) is 13.8. The molecule has 4 nitrogen and oxygen atoms in total. The van der Waals surface area contributed by atoms with Crippen molar-refractivity contribution in [3.8, 4) is 5.75 Å². The molecule has 0 aliphatic rings. The molecule has 0 heterocycles. The quantitative estimate of drug-likeness (QED) is 0.479. The van der Waals surface area contributed by atoms with E-state index in [-0.39, 0.29) is 27.2 Å². The van der Waals surface area contributed by atoms with Crippen LogP contribution < -0.4 is 10.0 Å². The van der Waals surface area contributed by atoms with Gasteiger partial charge in [-0.3, -0.25) is 9.59 Å². The van der Waals surface area contributed by atoms with Crippen LogP contribution >= 0.6 is 18.7 Å². The van der Waals surface area contributed by atoms with E-state index in [0.29, 0.717) is 11.1 Å². The lowest BCUT2D eigenvalue weighted by atomic mass is 10.0. The minimum absolute atomic E-state index is 0.0524. The van der Waals surface area contributed by atoms with Gasteiger partial charge in [-0.05, 0) is 37.1 Å². The van der Waals surface area contributed by atoms with Crippen LogP contribution in [0.25, 0.3) is 0 Å². The summed E-state index contributed by atoms with van der Waals surface area (Å²) in [7, 11) is -2.99. The molecule has 148 valence electrons. The number of rotatable bonds is 6. The Balaban J connectivity index is 2.36. The zero-order valence-corrected chi connectivity index (χ0v) is 18.0. The smallest absolute Gasteiger partial charge is 0.253 e. The van der Waals surface area contributed by atoms with Crippen LogP contribution in [0, 0.1) is 13.8 Å². The van der Waals surface area contributed by atoms with Gasteiger partial charge >= 0.3 is 0 Å². The van der Waals surface area contributed by atoms with Gasteiger partial charge in [-0.15, -0.1) is 0 Å². The van der Waals surface area contributed by atoms with Crippen LogP contribution in [0.1, 0.15) is 31.8 Å². The zero-order valence-electron chi connectivity index (χ0n) is 16.3. The third-order valence-electron chi connectivity index (χ3n) is 4.77. The SMILES string of the molecule is COc1cccc(Cl)c1P(=O)(C(=O)c1ccccc1)C(=O)c1c(C)cccc1C. The summed E-state index contributed by atoms with van der Waals surface area (Å²) >= 11 is 6.38. The Hall–Kier alpha value is -2.68. The largest absolute Gasteiger partial charge is 0.496 e. The van der Waals surface area contributed by atoms with Crippen LogP contribution in [0.2, 0.25) is 5.02 Å². The van der Waals surface area contributed by atoms with Gasteiger partial charge in [-0.2, -0.15) is 0 Å². The Kier molecular flexibility index (Phi) is 6.07. The van der Waals surface area contributed by atoms with E-state index in [1.54, 1.807) is 56.3 Å². The molecule has 0 radical (unpaired) electrons. The molecule has 0 bridgehead atoms. The van der Waals surface area contributed by atoms with Gasteiger partial charge in [0.15, 0.2) is 0 Å². The summed E-state index contributed by atoms with van der Waals surface area (Å²) in [5.41, 5.74) is 0.217. The Labute approximate surface area is 174 Å². The standard InChI is InChI=1S/C23H20ClO4P/c1-15-9-7-10-16(2)20(15)23(26)29(27,22(25)17-11-5-4-6-12-17)21-18(24)13-8-14-19(21)28-3/h4-14H,1-3H3. The van der Waals surface area contributed by atoms with Crippen molar-refractivity contribution in [2.24, 2.45) is 0 Å². The van der Waals surface area contributed by atoms with Crippen molar-refractivity contribution in [2.45, 2.75) is 13.8 Å². The maximum atomic E-state index is 14.5. The number of carbonyl (C=O) groups excluding carboxylic acids is 2. The number of benzene rings is 3. The van der Waals surface area contributed by atoms with Crippen LogP contribution in [-0.2, 0) is 4.57 Å². The second-order valence-corrected chi connectivity index (χ2v) is 9.53. The molecule has 0 aromatic heterocycles. The highest BCUT2D eigenvalue weighted by Crippen LogP contribution is 2.55. The first-order valence-electron chi connectivity index (χ1n) is 8.96. The van der Waals surface area contributed by atoms with Crippen LogP contribution in [0.5, 0.6) is 5.75 Å². The lowest BCUT2D eigenvalue weighted by molar-refractivity contribution is 0.104. The van der Waals surface area contributed by atoms with E-state index in [9.17, 15) is 14.2 Å². The fourth-order valence-corrected chi connectivity index (χ4v) is 6.48. The van der Waals surface area contributed by atoms with Crippen LogP contribution in [0.15, 0.2) is 66.7 Å². The van der Waals surface area contributed by atoms with E-state index in [2.05, 4.69) is 0 Å². The fraction of sp³-hybridized carbons (Fsp3) is 0.130. The van der Waals surface area contributed by atoms with Crippen molar-refractivity contribution >= 4 is 35.1 Å². The summed E-state index contributed by atoms with van der Waals surface area (Å²) in [6, 6.07) is 18.1. The average molecular weight is 427 g/mol. The topological polar surface area (TPSA) is 60.4 Å². The van der Waals surface area contributed by atoms with E-state index in [1.165, 1.54) is 25.3 Å². The molecule has 1 atom stereocenters. The fourth-order valence-electron chi connectivity index (χ4n) is 3.33. The number of carbonyl (C=O) groups is 2. The Morgan fingerprint density at radius 1 is 0.828 bits per heavy atom. The summed E-state index contributed by atoms with van der Waals surface area (Å²) in [6.45, 7) is 3.50. The van der Waals surface area contributed by atoms with E-state index in [0.717, 1.165) is 0 Å². The summed E-state index contributed by atoms with van der Waals surface area (Å²) < 4.78 is 19.8. The van der Waals surface area contributed by atoms with Gasteiger partial charge in [-0.25, -0.2) is 0 Å². The molecule has 0 saturated carbocycles. The molecule has 0 saturated heterocycles. The molecule has 0 amide bonds. The first kappa shape index (κ1) is 21.0. The maximum Gasteiger partial charge on any atom is 0.253 e. The van der Waals surface area contributed by atoms with Gasteiger partial charge in [0.25, 0.3) is 7.14 Å². The predicted molar refractivity (Wildman–Crippen MR) is 116 cm³/mol. The summed E-state index contributed by atoms with van der Waals surface area (Å²) in [4.78, 5) is 27.3. The Bertz CT molecular complexity index is 1120. The Morgan fingerprint density at radius 3 is 2.00 bits per heavy atom. The van der Waals surface area contributed by atoms with E-state index >= 15 is 0 Å². The molecule has 0 spiro atoms. The van der Waals surface area contributed by atoms with Crippen molar-refractivity contribution < 1.29 is 18.9 Å². The first-order valence-corrected chi connectivity index (χ1v) is 11.0. The molecule has 0 N–H and O–H groups in total. The highest BCUT2D eigenvalue weighted by molar-refractivity contribution is 8.01. The van der Waals surface area contributed by atoms with E-state index < -0.39 is 18.2 Å². The highest BCUT2D eigenvalue weighted by Gasteiger charge is 2.46. The van der Waals surface area contributed by atoms with Crippen molar-refractivity contribution in [3.63, 3.8) is 0 Å². The predicted octanol–water partition coefficient (Wildman–Crippen LogP) is 5.63. The molecule has 1 unspecified atom stereocenters. The van der Waals surface area contributed by atoms with Gasteiger partial charge in [-0.1, -0.05) is 66.2 Å². The third-order valence-corrected chi connectivity index (χ3v) is 7.94. The molecule has 0 aliphatic heterocycles.